The number of carbonyl (C=O) groups is 2. The number of hydrogen-bond donors (Lipinski definition) is 2. The van der Waals surface area contributed by atoms with Gasteiger partial charge in [-0.3, -0.25) is 14.5 Å². The first-order chi connectivity index (χ1) is 13.8. The summed E-state index contributed by atoms with van der Waals surface area (Å²) < 4.78 is 7.17. The summed E-state index contributed by atoms with van der Waals surface area (Å²) in [5.41, 5.74) is 2.51. The van der Waals surface area contributed by atoms with Gasteiger partial charge in [-0.05, 0) is 58.1 Å². The summed E-state index contributed by atoms with van der Waals surface area (Å²) in [4.78, 5) is 29.1. The smallest absolute Gasteiger partial charge is 0.407 e. The number of pyridine rings is 1. The van der Waals surface area contributed by atoms with Crippen molar-refractivity contribution in [2.75, 3.05) is 11.9 Å². The van der Waals surface area contributed by atoms with Crippen molar-refractivity contribution >= 4 is 17.7 Å². The second-order valence-corrected chi connectivity index (χ2v) is 8.28. The Morgan fingerprint density at radius 1 is 1.34 bits per heavy atom. The lowest BCUT2D eigenvalue weighted by molar-refractivity contribution is 0.0516. The van der Waals surface area contributed by atoms with Gasteiger partial charge < -0.3 is 15.4 Å². The minimum atomic E-state index is -0.524. The molecule has 1 unspecified atom stereocenters. The fourth-order valence-corrected chi connectivity index (χ4v) is 3.43. The molecule has 1 atom stereocenters. The van der Waals surface area contributed by atoms with E-state index in [1.54, 1.807) is 18.5 Å². The number of hydrogen-bond acceptors (Lipinski definition) is 5. The van der Waals surface area contributed by atoms with E-state index in [2.05, 4.69) is 20.7 Å². The molecule has 0 aromatic carbocycles. The molecule has 29 heavy (non-hydrogen) atoms. The molecule has 0 saturated heterocycles. The normalized spacial score (nSPS) is 16.1. The maximum absolute atomic E-state index is 12.9. The lowest BCUT2D eigenvalue weighted by Crippen LogP contribution is -2.37. The number of fused-ring (bicyclic) bond motifs is 1. The maximum Gasteiger partial charge on any atom is 0.407 e. The van der Waals surface area contributed by atoms with E-state index in [0.717, 1.165) is 36.5 Å². The van der Waals surface area contributed by atoms with Gasteiger partial charge in [-0.25, -0.2) is 4.79 Å². The number of alkyl carbamates (subject to hydrolysis) is 1. The van der Waals surface area contributed by atoms with Crippen molar-refractivity contribution in [3.63, 3.8) is 0 Å². The van der Waals surface area contributed by atoms with E-state index in [9.17, 15) is 9.59 Å². The molecule has 8 heteroatoms. The monoisotopic (exact) mass is 399 g/mol. The number of nitrogens with one attached hydrogen (secondary N) is 2. The molecular weight excluding hydrogens is 370 g/mol. The van der Waals surface area contributed by atoms with Crippen LogP contribution in [0.4, 0.5) is 10.5 Å². The van der Waals surface area contributed by atoms with Crippen LogP contribution in [0.1, 0.15) is 55.9 Å². The summed E-state index contributed by atoms with van der Waals surface area (Å²) in [6.45, 7) is 8.73. The predicted octanol–water partition coefficient (Wildman–Crippen LogP) is 3.18. The molecule has 0 aliphatic carbocycles. The van der Waals surface area contributed by atoms with Crippen LogP contribution in [0.15, 0.2) is 24.5 Å². The average Bonchev–Trinajstić information content (AvgIpc) is 3.09. The van der Waals surface area contributed by atoms with Crippen molar-refractivity contribution in [3.05, 3.63) is 41.5 Å². The molecule has 2 aromatic heterocycles. The first-order valence-electron chi connectivity index (χ1n) is 10.0. The number of aryl methyl sites for hydroxylation is 2. The lowest BCUT2D eigenvalue weighted by atomic mass is 9.94. The van der Waals surface area contributed by atoms with Crippen LogP contribution in [0, 0.1) is 5.92 Å². The van der Waals surface area contributed by atoms with Crippen LogP contribution < -0.4 is 10.6 Å². The highest BCUT2D eigenvalue weighted by Crippen LogP contribution is 2.24. The van der Waals surface area contributed by atoms with E-state index in [1.165, 1.54) is 0 Å². The summed E-state index contributed by atoms with van der Waals surface area (Å²) in [6.07, 6.45) is 5.22. The quantitative estimate of drug-likeness (QED) is 0.805. The number of carbonyl (C=O) groups excluding carboxylic acids is 2. The Morgan fingerprint density at radius 3 is 2.86 bits per heavy atom. The second-order valence-electron chi connectivity index (χ2n) is 8.28. The highest BCUT2D eigenvalue weighted by Gasteiger charge is 2.26. The molecule has 0 saturated carbocycles. The zero-order valence-electron chi connectivity index (χ0n) is 17.5. The summed E-state index contributed by atoms with van der Waals surface area (Å²) in [6, 6.07) is 3.66. The Balaban J connectivity index is 1.65. The second kappa shape index (κ2) is 8.63. The standard InChI is InChI=1S/C21H29N5O3/c1-5-16-17(7-6-9-22-16)25-19(27)15-13-24-26-10-8-14(11-18(15)26)12-23-20(28)29-21(2,3)4/h6-7,9,13-14H,5,8,10-12H2,1-4H3,(H,23,28)(H,25,27). The third-order valence-electron chi connectivity index (χ3n) is 4.83. The Hall–Kier alpha value is -2.90. The Kier molecular flexibility index (Phi) is 6.20. The highest BCUT2D eigenvalue weighted by atomic mass is 16.6. The van der Waals surface area contributed by atoms with Gasteiger partial charge in [0, 0.05) is 19.3 Å². The van der Waals surface area contributed by atoms with Crippen molar-refractivity contribution < 1.29 is 14.3 Å². The molecule has 3 heterocycles. The van der Waals surface area contributed by atoms with Gasteiger partial charge >= 0.3 is 6.09 Å². The molecule has 2 amide bonds. The van der Waals surface area contributed by atoms with Gasteiger partial charge in [0.15, 0.2) is 0 Å². The molecule has 0 spiro atoms. The number of amides is 2. The fourth-order valence-electron chi connectivity index (χ4n) is 3.43. The molecule has 0 bridgehead atoms. The summed E-state index contributed by atoms with van der Waals surface area (Å²) in [7, 11) is 0. The Morgan fingerprint density at radius 2 is 2.14 bits per heavy atom. The van der Waals surface area contributed by atoms with Crippen molar-refractivity contribution in [1.82, 2.24) is 20.1 Å². The molecule has 0 radical (unpaired) electrons. The van der Waals surface area contributed by atoms with Gasteiger partial charge in [-0.2, -0.15) is 5.10 Å². The molecule has 2 aromatic rings. The Labute approximate surface area is 171 Å². The van der Waals surface area contributed by atoms with E-state index in [-0.39, 0.29) is 11.8 Å². The molecule has 156 valence electrons. The van der Waals surface area contributed by atoms with E-state index in [0.29, 0.717) is 18.5 Å². The largest absolute Gasteiger partial charge is 0.444 e. The fraction of sp³-hybridized carbons (Fsp3) is 0.524. The zero-order valence-corrected chi connectivity index (χ0v) is 17.5. The van der Waals surface area contributed by atoms with E-state index in [4.69, 9.17) is 4.74 Å². The van der Waals surface area contributed by atoms with Crippen molar-refractivity contribution in [2.24, 2.45) is 5.92 Å². The van der Waals surface area contributed by atoms with Crippen LogP contribution in [-0.2, 0) is 24.1 Å². The molecule has 1 aliphatic rings. The highest BCUT2D eigenvalue weighted by molar-refractivity contribution is 6.05. The van der Waals surface area contributed by atoms with Crippen LogP contribution in [0.5, 0.6) is 0 Å². The van der Waals surface area contributed by atoms with Crippen LogP contribution in [0.3, 0.4) is 0 Å². The van der Waals surface area contributed by atoms with Crippen LogP contribution in [0.2, 0.25) is 0 Å². The van der Waals surface area contributed by atoms with Crippen molar-refractivity contribution in [2.45, 2.75) is 59.1 Å². The predicted molar refractivity (Wildman–Crippen MR) is 110 cm³/mol. The maximum atomic E-state index is 12.9. The minimum Gasteiger partial charge on any atom is -0.444 e. The number of nitrogens with zero attached hydrogens (tertiary/aromatic N) is 3. The minimum absolute atomic E-state index is 0.185. The molecule has 2 N–H and O–H groups in total. The van der Waals surface area contributed by atoms with Crippen molar-refractivity contribution in [3.8, 4) is 0 Å². The van der Waals surface area contributed by atoms with Crippen LogP contribution in [-0.4, -0.2) is 38.9 Å². The van der Waals surface area contributed by atoms with Gasteiger partial charge in [0.2, 0.25) is 0 Å². The first kappa shape index (κ1) is 20.8. The third-order valence-corrected chi connectivity index (χ3v) is 4.83. The number of anilines is 1. The molecular formula is C21H29N5O3. The number of ether oxygens (including phenoxy) is 1. The average molecular weight is 399 g/mol. The molecule has 3 rings (SSSR count). The van der Waals surface area contributed by atoms with Crippen molar-refractivity contribution in [1.29, 1.82) is 0 Å². The van der Waals surface area contributed by atoms with Crippen LogP contribution >= 0.6 is 0 Å². The third kappa shape index (κ3) is 5.34. The van der Waals surface area contributed by atoms with Crippen LogP contribution in [0.25, 0.3) is 0 Å². The summed E-state index contributed by atoms with van der Waals surface area (Å²) in [5.74, 6) is 0.0394. The SMILES string of the molecule is CCc1ncccc1NC(=O)c1cnn2c1CC(CNC(=O)OC(C)(C)C)CC2. The molecule has 1 aliphatic heterocycles. The Bertz CT molecular complexity index is 885. The zero-order chi connectivity index (χ0) is 21.0. The summed E-state index contributed by atoms with van der Waals surface area (Å²) >= 11 is 0. The number of aromatic nitrogens is 3. The van der Waals surface area contributed by atoms with Gasteiger partial charge in [0.25, 0.3) is 5.91 Å². The van der Waals surface area contributed by atoms with Gasteiger partial charge in [0.05, 0.1) is 28.8 Å². The first-order valence-corrected chi connectivity index (χ1v) is 10.0. The molecule has 8 nitrogen and oxygen atoms in total. The molecule has 0 fully saturated rings. The topological polar surface area (TPSA) is 98.1 Å². The van der Waals surface area contributed by atoms with Gasteiger partial charge in [-0.15, -0.1) is 0 Å². The van der Waals surface area contributed by atoms with E-state index < -0.39 is 11.7 Å². The lowest BCUT2D eigenvalue weighted by Gasteiger charge is -2.25. The van der Waals surface area contributed by atoms with E-state index >= 15 is 0 Å². The van der Waals surface area contributed by atoms with Gasteiger partial charge in [0.1, 0.15) is 5.60 Å². The van der Waals surface area contributed by atoms with Gasteiger partial charge in [-0.1, -0.05) is 6.92 Å². The van der Waals surface area contributed by atoms with E-state index in [1.807, 2.05) is 38.4 Å². The summed E-state index contributed by atoms with van der Waals surface area (Å²) in [5, 5.41) is 10.2. The number of rotatable bonds is 5.